The number of H-pyrrole nitrogens is 1. The maximum Gasteiger partial charge on any atom is 0.315 e. The molecule has 1 amide bonds. The third-order valence-electron chi connectivity index (χ3n) is 2.75. The van der Waals surface area contributed by atoms with Gasteiger partial charge >= 0.3 is 5.97 Å². The average Bonchev–Trinajstić information content (AvgIpc) is 2.41. The van der Waals surface area contributed by atoms with E-state index in [1.165, 1.54) is 12.3 Å². The van der Waals surface area contributed by atoms with E-state index in [2.05, 4.69) is 15.0 Å². The monoisotopic (exact) mass is 308 g/mol. The average molecular weight is 309 g/mol. The summed E-state index contributed by atoms with van der Waals surface area (Å²) in [6.07, 6.45) is 1.11. The Balaban J connectivity index is 2.23. The van der Waals surface area contributed by atoms with Crippen LogP contribution in [0.5, 0.6) is 0 Å². The molecule has 0 bridgehead atoms. The molecular weight excluding hydrogens is 296 g/mol. The van der Waals surface area contributed by atoms with Crippen LogP contribution in [0.1, 0.15) is 13.3 Å². The number of fused-ring (bicyclic) bond motifs is 1. The number of nitrogens with one attached hydrogen (secondary N) is 2. The van der Waals surface area contributed by atoms with Crippen molar-refractivity contribution in [2.45, 2.75) is 13.3 Å². The van der Waals surface area contributed by atoms with Gasteiger partial charge in [-0.2, -0.15) is 0 Å². The zero-order valence-electron chi connectivity index (χ0n) is 11.2. The van der Waals surface area contributed by atoms with Crippen LogP contribution in [-0.2, 0) is 14.3 Å². The second kappa shape index (κ2) is 6.41. The summed E-state index contributed by atoms with van der Waals surface area (Å²) in [6, 6.07) is 4.74. The number of aromatic nitrogens is 1. The summed E-state index contributed by atoms with van der Waals surface area (Å²) in [4.78, 5) is 37.1. The van der Waals surface area contributed by atoms with Crippen LogP contribution < -0.4 is 10.9 Å². The van der Waals surface area contributed by atoms with Crippen molar-refractivity contribution in [2.24, 2.45) is 0 Å². The van der Waals surface area contributed by atoms with Crippen LogP contribution >= 0.6 is 11.6 Å². The first-order valence-electron chi connectivity index (χ1n) is 6.27. The number of pyridine rings is 1. The lowest BCUT2D eigenvalue weighted by atomic mass is 10.1. The number of amides is 1. The van der Waals surface area contributed by atoms with Crippen molar-refractivity contribution in [1.82, 2.24) is 4.98 Å². The van der Waals surface area contributed by atoms with Crippen molar-refractivity contribution >= 4 is 39.9 Å². The molecule has 1 aromatic heterocycles. The van der Waals surface area contributed by atoms with Crippen molar-refractivity contribution in [3.05, 3.63) is 39.8 Å². The summed E-state index contributed by atoms with van der Waals surface area (Å²) in [7, 11) is 0. The zero-order valence-corrected chi connectivity index (χ0v) is 12.0. The molecule has 0 aliphatic rings. The van der Waals surface area contributed by atoms with Crippen LogP contribution in [0.15, 0.2) is 29.2 Å². The number of benzene rings is 1. The fourth-order valence-corrected chi connectivity index (χ4v) is 2.05. The first kappa shape index (κ1) is 15.1. The molecule has 0 fully saturated rings. The van der Waals surface area contributed by atoms with Gasteiger partial charge in [-0.25, -0.2) is 0 Å². The molecule has 0 saturated carbocycles. The van der Waals surface area contributed by atoms with Crippen LogP contribution in [0.3, 0.4) is 0 Å². The van der Waals surface area contributed by atoms with Gasteiger partial charge in [0, 0.05) is 11.6 Å². The first-order valence-corrected chi connectivity index (χ1v) is 6.65. The molecule has 110 valence electrons. The number of ether oxygens (including phenoxy) is 1. The molecule has 2 aromatic rings. The highest BCUT2D eigenvalue weighted by Crippen LogP contribution is 2.26. The van der Waals surface area contributed by atoms with Gasteiger partial charge < -0.3 is 15.0 Å². The molecule has 6 nitrogen and oxygen atoms in total. The Hall–Kier alpha value is -2.34. The van der Waals surface area contributed by atoms with Crippen LogP contribution in [0.4, 0.5) is 5.69 Å². The lowest BCUT2D eigenvalue weighted by Gasteiger charge is -2.08. The molecule has 2 rings (SSSR count). The molecule has 0 aliphatic heterocycles. The van der Waals surface area contributed by atoms with Gasteiger partial charge in [0.2, 0.25) is 5.91 Å². The van der Waals surface area contributed by atoms with E-state index in [9.17, 15) is 14.4 Å². The lowest BCUT2D eigenvalue weighted by molar-refractivity contribution is -0.145. The van der Waals surface area contributed by atoms with E-state index in [1.54, 1.807) is 19.1 Å². The quantitative estimate of drug-likeness (QED) is 0.668. The SMILES string of the molecule is CCOC(=O)CC(=O)Nc1cc2cc[nH]c(=O)c2cc1Cl. The van der Waals surface area contributed by atoms with Crippen molar-refractivity contribution in [3.63, 3.8) is 0 Å². The molecule has 7 heteroatoms. The van der Waals surface area contributed by atoms with Gasteiger partial charge in [0.05, 0.1) is 17.3 Å². The van der Waals surface area contributed by atoms with Gasteiger partial charge in [-0.1, -0.05) is 11.6 Å². The first-order chi connectivity index (χ1) is 10.0. The van der Waals surface area contributed by atoms with Gasteiger partial charge in [-0.15, -0.1) is 0 Å². The fourth-order valence-electron chi connectivity index (χ4n) is 1.84. The molecule has 0 radical (unpaired) electrons. The number of carbonyl (C=O) groups is 2. The molecule has 21 heavy (non-hydrogen) atoms. The Kier molecular flexibility index (Phi) is 4.59. The Morgan fingerprint density at radius 2 is 2.14 bits per heavy atom. The van der Waals surface area contributed by atoms with Gasteiger partial charge in [0.25, 0.3) is 5.56 Å². The largest absolute Gasteiger partial charge is 0.466 e. The molecule has 0 saturated heterocycles. The van der Waals surface area contributed by atoms with E-state index in [0.717, 1.165) is 0 Å². The van der Waals surface area contributed by atoms with Crippen molar-refractivity contribution in [3.8, 4) is 0 Å². The number of hydrogen-bond acceptors (Lipinski definition) is 4. The van der Waals surface area contributed by atoms with Crippen LogP contribution in [-0.4, -0.2) is 23.5 Å². The molecular formula is C14H13ClN2O4. The van der Waals surface area contributed by atoms with E-state index >= 15 is 0 Å². The van der Waals surface area contributed by atoms with E-state index in [4.69, 9.17) is 11.6 Å². The predicted molar refractivity (Wildman–Crippen MR) is 79.5 cm³/mol. The maximum atomic E-state index is 11.7. The number of anilines is 1. The topological polar surface area (TPSA) is 88.3 Å². The molecule has 0 unspecified atom stereocenters. The zero-order chi connectivity index (χ0) is 15.4. The minimum atomic E-state index is -0.608. The van der Waals surface area contributed by atoms with Crippen molar-refractivity contribution < 1.29 is 14.3 Å². The van der Waals surface area contributed by atoms with Gasteiger partial charge in [0.1, 0.15) is 6.42 Å². The van der Waals surface area contributed by atoms with Gasteiger partial charge in [0.15, 0.2) is 0 Å². The van der Waals surface area contributed by atoms with Crippen LogP contribution in [0, 0.1) is 0 Å². The Bertz CT molecular complexity index is 754. The van der Waals surface area contributed by atoms with E-state index in [0.29, 0.717) is 16.5 Å². The van der Waals surface area contributed by atoms with E-state index < -0.39 is 18.3 Å². The maximum absolute atomic E-state index is 11.7. The molecule has 0 spiro atoms. The summed E-state index contributed by atoms with van der Waals surface area (Å²) in [5.41, 5.74) is 0.0721. The van der Waals surface area contributed by atoms with Crippen LogP contribution in [0.25, 0.3) is 10.8 Å². The summed E-state index contributed by atoms with van der Waals surface area (Å²) in [5.74, 6) is -1.14. The minimum Gasteiger partial charge on any atom is -0.466 e. The summed E-state index contributed by atoms with van der Waals surface area (Å²) in [5, 5.41) is 3.80. The highest BCUT2D eigenvalue weighted by Gasteiger charge is 2.13. The third-order valence-corrected chi connectivity index (χ3v) is 3.06. The smallest absolute Gasteiger partial charge is 0.315 e. The number of carbonyl (C=O) groups excluding carboxylic acids is 2. The number of hydrogen-bond donors (Lipinski definition) is 2. The lowest BCUT2D eigenvalue weighted by Crippen LogP contribution is -2.18. The number of esters is 1. The summed E-state index contributed by atoms with van der Waals surface area (Å²) in [6.45, 7) is 1.87. The highest BCUT2D eigenvalue weighted by molar-refractivity contribution is 6.34. The minimum absolute atomic E-state index is 0.214. The Labute approximate surface area is 125 Å². The van der Waals surface area contributed by atoms with Crippen LogP contribution in [0.2, 0.25) is 5.02 Å². The second-order valence-corrected chi connectivity index (χ2v) is 4.66. The molecule has 0 atom stereocenters. The fraction of sp³-hybridized carbons (Fsp3) is 0.214. The number of halogens is 1. The Morgan fingerprint density at radius 3 is 2.86 bits per heavy atom. The molecule has 1 aromatic carbocycles. The highest BCUT2D eigenvalue weighted by atomic mass is 35.5. The van der Waals surface area contributed by atoms with E-state index in [-0.39, 0.29) is 17.2 Å². The predicted octanol–water partition coefficient (Wildman–Crippen LogP) is 2.07. The summed E-state index contributed by atoms with van der Waals surface area (Å²) < 4.78 is 4.69. The summed E-state index contributed by atoms with van der Waals surface area (Å²) >= 11 is 6.03. The molecule has 2 N–H and O–H groups in total. The normalized spacial score (nSPS) is 10.4. The second-order valence-electron chi connectivity index (χ2n) is 4.26. The molecule has 1 heterocycles. The van der Waals surface area contributed by atoms with Crippen molar-refractivity contribution in [2.75, 3.05) is 11.9 Å². The molecule has 0 aliphatic carbocycles. The number of aromatic amines is 1. The van der Waals surface area contributed by atoms with E-state index in [1.807, 2.05) is 0 Å². The Morgan fingerprint density at radius 1 is 1.38 bits per heavy atom. The van der Waals surface area contributed by atoms with Crippen molar-refractivity contribution in [1.29, 1.82) is 0 Å². The van der Waals surface area contributed by atoms with Gasteiger partial charge in [-0.05, 0) is 30.5 Å². The third kappa shape index (κ3) is 3.61. The standard InChI is InChI=1S/C14H13ClN2O4/c1-2-21-13(19)7-12(18)17-11-5-8-3-4-16-14(20)9(8)6-10(11)15/h3-6H,2,7H2,1H3,(H,16,20)(H,17,18). The van der Waals surface area contributed by atoms with Gasteiger partial charge in [-0.3, -0.25) is 14.4 Å². The number of rotatable bonds is 4.